The van der Waals surface area contributed by atoms with Gasteiger partial charge in [0.05, 0.1) is 6.10 Å². The van der Waals surface area contributed by atoms with Crippen LogP contribution >= 0.6 is 0 Å². The van der Waals surface area contributed by atoms with E-state index < -0.39 is 0 Å². The number of hydrogen-bond acceptors (Lipinski definition) is 5. The van der Waals surface area contributed by atoms with Crippen molar-refractivity contribution in [1.82, 2.24) is 25.2 Å². The first-order valence-corrected chi connectivity index (χ1v) is 8.66. The quantitative estimate of drug-likeness (QED) is 0.661. The van der Waals surface area contributed by atoms with E-state index in [0.717, 1.165) is 22.2 Å². The van der Waals surface area contributed by atoms with Crippen molar-refractivity contribution < 1.29 is 9.90 Å². The van der Waals surface area contributed by atoms with Crippen LogP contribution < -0.4 is 5.32 Å². The third-order valence-electron chi connectivity index (χ3n) is 4.89. The van der Waals surface area contributed by atoms with Gasteiger partial charge in [-0.1, -0.05) is 0 Å². The van der Waals surface area contributed by atoms with Crippen LogP contribution in [0.2, 0.25) is 0 Å². The molecule has 2 unspecified atom stereocenters. The first-order valence-electron chi connectivity index (χ1n) is 8.66. The number of carbonyl (C=O) groups excluding carboxylic acids is 1. The molecule has 3 aromatic heterocycles. The average molecular weight is 351 g/mol. The van der Waals surface area contributed by atoms with Gasteiger partial charge in [-0.05, 0) is 43.3 Å². The summed E-state index contributed by atoms with van der Waals surface area (Å²) in [5, 5.41) is 13.6. The summed E-state index contributed by atoms with van der Waals surface area (Å²) in [5.41, 5.74) is 3.04. The van der Waals surface area contributed by atoms with E-state index in [0.29, 0.717) is 25.2 Å². The van der Waals surface area contributed by atoms with Crippen LogP contribution in [-0.4, -0.2) is 63.1 Å². The zero-order chi connectivity index (χ0) is 18.1. The molecule has 1 saturated heterocycles. The van der Waals surface area contributed by atoms with Crippen molar-refractivity contribution in [3.8, 4) is 11.1 Å². The summed E-state index contributed by atoms with van der Waals surface area (Å²) in [6.07, 6.45) is 5.62. The Morgan fingerprint density at radius 1 is 1.35 bits per heavy atom. The molecule has 3 N–H and O–H groups in total. The molecule has 7 nitrogen and oxygen atoms in total. The molecule has 0 saturated carbocycles. The number of rotatable bonds is 4. The lowest BCUT2D eigenvalue weighted by Crippen LogP contribution is -2.38. The van der Waals surface area contributed by atoms with Crippen LogP contribution in [-0.2, 0) is 0 Å². The zero-order valence-corrected chi connectivity index (χ0v) is 14.5. The van der Waals surface area contributed by atoms with Crippen LogP contribution in [0.1, 0.15) is 16.9 Å². The smallest absolute Gasteiger partial charge is 0.269 e. The molecule has 0 spiro atoms. The average Bonchev–Trinajstić information content (AvgIpc) is 3.24. The highest BCUT2D eigenvalue weighted by atomic mass is 16.3. The Balaban J connectivity index is 1.49. The highest BCUT2D eigenvalue weighted by Crippen LogP contribution is 2.22. The maximum Gasteiger partial charge on any atom is 0.269 e. The third kappa shape index (κ3) is 3.31. The van der Waals surface area contributed by atoms with Crippen molar-refractivity contribution >= 4 is 16.9 Å². The molecule has 1 fully saturated rings. The minimum Gasteiger partial charge on any atom is -0.392 e. The number of H-pyrrole nitrogens is 1. The highest BCUT2D eigenvalue weighted by molar-refractivity contribution is 5.93. The van der Waals surface area contributed by atoms with Crippen molar-refractivity contribution in [3.05, 3.63) is 48.5 Å². The van der Waals surface area contributed by atoms with Crippen molar-refractivity contribution in [2.24, 2.45) is 0 Å². The third-order valence-corrected chi connectivity index (χ3v) is 4.89. The van der Waals surface area contributed by atoms with E-state index in [4.69, 9.17) is 0 Å². The van der Waals surface area contributed by atoms with Gasteiger partial charge in [-0.15, -0.1) is 0 Å². The van der Waals surface area contributed by atoms with Crippen molar-refractivity contribution in [2.45, 2.75) is 18.6 Å². The number of amides is 1. The highest BCUT2D eigenvalue weighted by Gasteiger charge is 2.28. The number of fused-ring (bicyclic) bond motifs is 1. The number of pyridine rings is 2. The summed E-state index contributed by atoms with van der Waals surface area (Å²) in [5.74, 6) is -0.211. The number of aromatic nitrogens is 3. The van der Waals surface area contributed by atoms with E-state index in [9.17, 15) is 9.90 Å². The van der Waals surface area contributed by atoms with Crippen molar-refractivity contribution in [2.75, 3.05) is 20.1 Å². The monoisotopic (exact) mass is 351 g/mol. The van der Waals surface area contributed by atoms with Gasteiger partial charge < -0.3 is 15.4 Å². The predicted molar refractivity (Wildman–Crippen MR) is 98.7 cm³/mol. The molecule has 0 aliphatic carbocycles. The minimum atomic E-state index is -0.320. The number of aliphatic hydroxyl groups excluding tert-OH is 1. The summed E-state index contributed by atoms with van der Waals surface area (Å²) in [6, 6.07) is 7.79. The van der Waals surface area contributed by atoms with Crippen LogP contribution in [0.5, 0.6) is 0 Å². The molecule has 134 valence electrons. The number of likely N-dealkylation sites (tertiary alicyclic amines) is 1. The Morgan fingerprint density at radius 3 is 3.04 bits per heavy atom. The topological polar surface area (TPSA) is 94.1 Å². The minimum absolute atomic E-state index is 0.150. The Hall–Kier alpha value is -2.77. The standard InChI is InChI=1S/C19H21N5O2/c1-24-11-16(25)8-15(24)10-23-19(26)17-7-12(2-4-20-17)14-6-13-3-5-21-18(13)22-9-14/h2-7,9,15-16,25H,8,10-11H2,1H3,(H,21,22)(H,23,26). The molecule has 4 heterocycles. The first kappa shape index (κ1) is 16.7. The summed E-state index contributed by atoms with van der Waals surface area (Å²) in [7, 11) is 1.95. The number of β-amino-alcohol motifs (C(OH)–C–C–N with tert-alkyl or cyclic N) is 1. The molecule has 2 atom stereocenters. The second-order valence-corrected chi connectivity index (χ2v) is 6.76. The van der Waals surface area contributed by atoms with Crippen LogP contribution in [0, 0.1) is 0 Å². The zero-order valence-electron chi connectivity index (χ0n) is 14.5. The lowest BCUT2D eigenvalue weighted by Gasteiger charge is -2.19. The van der Waals surface area contributed by atoms with Crippen LogP contribution in [0.15, 0.2) is 42.9 Å². The summed E-state index contributed by atoms with van der Waals surface area (Å²) in [6.45, 7) is 1.14. The van der Waals surface area contributed by atoms with Crippen LogP contribution in [0.3, 0.4) is 0 Å². The molecule has 1 amide bonds. The van der Waals surface area contributed by atoms with E-state index in [1.165, 1.54) is 0 Å². The maximum atomic E-state index is 12.5. The van der Waals surface area contributed by atoms with Crippen LogP contribution in [0.25, 0.3) is 22.2 Å². The number of nitrogens with one attached hydrogen (secondary N) is 2. The molecule has 26 heavy (non-hydrogen) atoms. The van der Waals surface area contributed by atoms with Gasteiger partial charge in [0.1, 0.15) is 11.3 Å². The predicted octanol–water partition coefficient (Wildman–Crippen LogP) is 1.42. The van der Waals surface area contributed by atoms with Gasteiger partial charge in [0.2, 0.25) is 0 Å². The molecule has 0 radical (unpaired) electrons. The number of aliphatic hydroxyl groups is 1. The second-order valence-electron chi connectivity index (χ2n) is 6.76. The summed E-state index contributed by atoms with van der Waals surface area (Å²) >= 11 is 0. The molecular formula is C19H21N5O2. The van der Waals surface area contributed by atoms with Gasteiger partial charge in [0, 0.05) is 48.7 Å². The number of nitrogens with zero attached hydrogens (tertiary/aromatic N) is 3. The molecule has 7 heteroatoms. The van der Waals surface area contributed by atoms with Gasteiger partial charge in [0.15, 0.2) is 0 Å². The first-order chi connectivity index (χ1) is 12.6. The Morgan fingerprint density at radius 2 is 2.23 bits per heavy atom. The Bertz CT molecular complexity index is 938. The number of likely N-dealkylation sites (N-methyl/N-ethyl adjacent to an activating group) is 1. The molecule has 1 aliphatic rings. The van der Waals surface area contributed by atoms with Gasteiger partial charge in [-0.25, -0.2) is 4.98 Å². The van der Waals surface area contributed by atoms with Crippen molar-refractivity contribution in [3.63, 3.8) is 0 Å². The maximum absolute atomic E-state index is 12.5. The summed E-state index contributed by atoms with van der Waals surface area (Å²) < 4.78 is 0. The van der Waals surface area contributed by atoms with Crippen LogP contribution in [0.4, 0.5) is 0 Å². The fourth-order valence-corrected chi connectivity index (χ4v) is 3.42. The van der Waals surface area contributed by atoms with E-state index in [1.54, 1.807) is 18.5 Å². The van der Waals surface area contributed by atoms with Gasteiger partial charge in [-0.2, -0.15) is 0 Å². The van der Waals surface area contributed by atoms with E-state index >= 15 is 0 Å². The number of hydrogen-bond donors (Lipinski definition) is 3. The molecule has 0 aromatic carbocycles. The molecule has 1 aliphatic heterocycles. The molecule has 4 rings (SSSR count). The Labute approximate surface area is 151 Å². The lowest BCUT2D eigenvalue weighted by molar-refractivity contribution is 0.0938. The SMILES string of the molecule is CN1CC(O)CC1CNC(=O)c1cc(-c2cnc3[nH]ccc3c2)ccn1. The number of carbonyl (C=O) groups is 1. The van der Waals surface area contributed by atoms with Crippen molar-refractivity contribution in [1.29, 1.82) is 0 Å². The Kier molecular flexibility index (Phi) is 4.40. The number of aromatic amines is 1. The lowest BCUT2D eigenvalue weighted by atomic mass is 10.1. The molecule has 3 aromatic rings. The normalized spacial score (nSPS) is 20.5. The van der Waals surface area contributed by atoms with E-state index in [1.807, 2.05) is 31.4 Å². The fourth-order valence-electron chi connectivity index (χ4n) is 3.42. The van der Waals surface area contributed by atoms with E-state index in [2.05, 4.69) is 25.2 Å². The van der Waals surface area contributed by atoms with Gasteiger partial charge in [0.25, 0.3) is 5.91 Å². The van der Waals surface area contributed by atoms with Gasteiger partial charge in [-0.3, -0.25) is 14.7 Å². The molecule has 0 bridgehead atoms. The van der Waals surface area contributed by atoms with Gasteiger partial charge >= 0.3 is 0 Å². The van der Waals surface area contributed by atoms with E-state index in [-0.39, 0.29) is 18.1 Å². The largest absolute Gasteiger partial charge is 0.392 e. The summed E-state index contributed by atoms with van der Waals surface area (Å²) in [4.78, 5) is 26.2. The molecular weight excluding hydrogens is 330 g/mol. The second kappa shape index (κ2) is 6.86. The fraction of sp³-hybridized carbons (Fsp3) is 0.316.